The molecule has 4 heteroatoms. The van der Waals surface area contributed by atoms with Gasteiger partial charge in [-0.1, -0.05) is 0 Å². The molecule has 0 aromatic heterocycles. The minimum absolute atomic E-state index is 0.182. The Morgan fingerprint density at radius 2 is 2.23 bits per heavy atom. The van der Waals surface area contributed by atoms with Crippen LogP contribution in [-0.4, -0.2) is 22.7 Å². The number of rotatable bonds is 2. The molecule has 0 fully saturated rings. The molecule has 0 aliphatic heterocycles. The Labute approximate surface area is 75.8 Å². The lowest BCUT2D eigenvalue weighted by Gasteiger charge is -2.04. The molecule has 0 radical (unpaired) electrons. The van der Waals surface area contributed by atoms with E-state index in [1.54, 1.807) is 19.1 Å². The van der Waals surface area contributed by atoms with E-state index < -0.39 is 12.5 Å². The van der Waals surface area contributed by atoms with Crippen LogP contribution in [0.15, 0.2) is 18.2 Å². The fourth-order valence-electron chi connectivity index (χ4n) is 0.934. The van der Waals surface area contributed by atoms with Crippen LogP contribution in [0, 0.1) is 6.92 Å². The van der Waals surface area contributed by atoms with Crippen LogP contribution in [0.4, 0.5) is 5.69 Å². The van der Waals surface area contributed by atoms with Gasteiger partial charge in [0.2, 0.25) is 5.91 Å². The third-order valence-corrected chi connectivity index (χ3v) is 1.62. The van der Waals surface area contributed by atoms with Crippen LogP contribution in [0.3, 0.4) is 0 Å². The lowest BCUT2D eigenvalue weighted by molar-refractivity contribution is -0.118. The summed E-state index contributed by atoms with van der Waals surface area (Å²) in [5.74, 6) is -0.285. The van der Waals surface area contributed by atoms with Crippen molar-refractivity contribution in [3.63, 3.8) is 0 Å². The molecule has 1 amide bonds. The molecule has 0 spiro atoms. The summed E-state index contributed by atoms with van der Waals surface area (Å²) in [6.45, 7) is 1.18. The molecule has 0 heterocycles. The number of aryl methyl sites for hydroxylation is 1. The maximum atomic E-state index is 10.8. The maximum Gasteiger partial charge on any atom is 0.250 e. The first-order chi connectivity index (χ1) is 6.13. The van der Waals surface area contributed by atoms with Gasteiger partial charge in [-0.3, -0.25) is 4.79 Å². The maximum absolute atomic E-state index is 10.8. The molecule has 0 aliphatic carbocycles. The first kappa shape index (κ1) is 9.54. The van der Waals surface area contributed by atoms with E-state index in [9.17, 15) is 9.90 Å². The van der Waals surface area contributed by atoms with Crippen molar-refractivity contribution < 1.29 is 15.0 Å². The van der Waals surface area contributed by atoms with Crippen molar-refractivity contribution in [1.29, 1.82) is 0 Å². The van der Waals surface area contributed by atoms with Gasteiger partial charge >= 0.3 is 0 Å². The van der Waals surface area contributed by atoms with Gasteiger partial charge in [-0.2, -0.15) is 0 Å². The minimum atomic E-state index is -0.542. The Hall–Kier alpha value is -1.55. The number of aromatic hydroxyl groups is 1. The van der Waals surface area contributed by atoms with E-state index in [0.29, 0.717) is 11.3 Å². The molecular weight excluding hydrogens is 170 g/mol. The number of benzene rings is 1. The molecule has 0 aliphatic rings. The highest BCUT2D eigenvalue weighted by atomic mass is 16.3. The molecule has 1 aromatic carbocycles. The van der Waals surface area contributed by atoms with Crippen molar-refractivity contribution in [3.8, 4) is 5.75 Å². The van der Waals surface area contributed by atoms with Crippen molar-refractivity contribution in [2.24, 2.45) is 0 Å². The number of carbonyl (C=O) groups excluding carboxylic acids is 1. The molecule has 1 aromatic rings. The number of nitrogens with one attached hydrogen (secondary N) is 1. The minimum Gasteiger partial charge on any atom is -0.508 e. The zero-order chi connectivity index (χ0) is 9.84. The first-order valence-corrected chi connectivity index (χ1v) is 3.84. The number of aliphatic hydroxyl groups excluding tert-OH is 1. The van der Waals surface area contributed by atoms with Gasteiger partial charge in [-0.25, -0.2) is 0 Å². The van der Waals surface area contributed by atoms with Crippen molar-refractivity contribution >= 4 is 11.6 Å². The number of amides is 1. The lowest BCUT2D eigenvalue weighted by Crippen LogP contribution is -2.15. The molecule has 0 atom stereocenters. The Kier molecular flexibility index (Phi) is 2.87. The van der Waals surface area contributed by atoms with Gasteiger partial charge in [0.1, 0.15) is 12.4 Å². The quantitative estimate of drug-likeness (QED) is 0.586. The van der Waals surface area contributed by atoms with Crippen LogP contribution in [-0.2, 0) is 4.79 Å². The molecule has 4 nitrogen and oxygen atoms in total. The van der Waals surface area contributed by atoms with Crippen LogP contribution < -0.4 is 5.32 Å². The van der Waals surface area contributed by atoms with E-state index in [4.69, 9.17) is 5.11 Å². The van der Waals surface area contributed by atoms with E-state index in [0.717, 1.165) is 0 Å². The highest BCUT2D eigenvalue weighted by Crippen LogP contribution is 2.19. The Morgan fingerprint density at radius 3 is 2.77 bits per heavy atom. The second kappa shape index (κ2) is 3.91. The summed E-state index contributed by atoms with van der Waals surface area (Å²) in [6, 6.07) is 4.68. The summed E-state index contributed by atoms with van der Waals surface area (Å²) in [6.07, 6.45) is 0. The second-order valence-corrected chi connectivity index (χ2v) is 2.71. The molecule has 70 valence electrons. The zero-order valence-corrected chi connectivity index (χ0v) is 7.24. The van der Waals surface area contributed by atoms with E-state index in [-0.39, 0.29) is 5.75 Å². The lowest BCUT2D eigenvalue weighted by atomic mass is 10.2. The summed E-state index contributed by atoms with van der Waals surface area (Å²) >= 11 is 0. The number of hydrogen-bond acceptors (Lipinski definition) is 3. The largest absolute Gasteiger partial charge is 0.508 e. The number of phenolic OH excluding ortho intramolecular Hbond substituents is 1. The fourth-order valence-corrected chi connectivity index (χ4v) is 0.934. The topological polar surface area (TPSA) is 69.6 Å². The monoisotopic (exact) mass is 181 g/mol. The van der Waals surface area contributed by atoms with E-state index >= 15 is 0 Å². The van der Waals surface area contributed by atoms with Gasteiger partial charge < -0.3 is 15.5 Å². The van der Waals surface area contributed by atoms with Gasteiger partial charge in [0, 0.05) is 5.69 Å². The molecule has 0 saturated carbocycles. The van der Waals surface area contributed by atoms with Gasteiger partial charge in [0.15, 0.2) is 0 Å². The summed E-state index contributed by atoms with van der Waals surface area (Å²) < 4.78 is 0. The predicted molar refractivity (Wildman–Crippen MR) is 48.6 cm³/mol. The number of anilines is 1. The standard InChI is InChI=1S/C9H11NO3/c1-6-4-7(2-3-8(6)12)10-9(13)5-11/h2-4,11-12H,5H2,1H3,(H,10,13). The summed E-state index contributed by atoms with van der Waals surface area (Å²) in [5.41, 5.74) is 1.24. The summed E-state index contributed by atoms with van der Waals surface area (Å²) in [5, 5.41) is 20.1. The number of hydrogen-bond donors (Lipinski definition) is 3. The highest BCUT2D eigenvalue weighted by Gasteiger charge is 2.01. The molecule has 0 saturated heterocycles. The SMILES string of the molecule is Cc1cc(NC(=O)CO)ccc1O. The molecular formula is C9H11NO3. The third kappa shape index (κ3) is 2.45. The van der Waals surface area contributed by atoms with Crippen LogP contribution in [0.2, 0.25) is 0 Å². The van der Waals surface area contributed by atoms with Gasteiger partial charge in [0.05, 0.1) is 0 Å². The average Bonchev–Trinajstić information content (AvgIpc) is 2.11. The van der Waals surface area contributed by atoms with Gasteiger partial charge in [-0.05, 0) is 30.7 Å². The molecule has 0 bridgehead atoms. The number of aliphatic hydroxyl groups is 1. The van der Waals surface area contributed by atoms with Crippen molar-refractivity contribution in [2.75, 3.05) is 11.9 Å². The van der Waals surface area contributed by atoms with Crippen molar-refractivity contribution in [3.05, 3.63) is 23.8 Å². The van der Waals surface area contributed by atoms with Crippen molar-refractivity contribution in [1.82, 2.24) is 0 Å². The third-order valence-electron chi connectivity index (χ3n) is 1.62. The fraction of sp³-hybridized carbons (Fsp3) is 0.222. The molecule has 0 unspecified atom stereocenters. The van der Waals surface area contributed by atoms with Crippen LogP contribution in [0.5, 0.6) is 5.75 Å². The molecule has 3 N–H and O–H groups in total. The second-order valence-electron chi connectivity index (χ2n) is 2.71. The summed E-state index contributed by atoms with van der Waals surface area (Å²) in [7, 11) is 0. The van der Waals surface area contributed by atoms with E-state index in [1.165, 1.54) is 6.07 Å². The summed E-state index contributed by atoms with van der Waals surface area (Å²) in [4.78, 5) is 10.8. The van der Waals surface area contributed by atoms with Gasteiger partial charge in [-0.15, -0.1) is 0 Å². The molecule has 1 rings (SSSR count). The van der Waals surface area contributed by atoms with E-state index in [2.05, 4.69) is 5.32 Å². The van der Waals surface area contributed by atoms with Crippen LogP contribution in [0.1, 0.15) is 5.56 Å². The van der Waals surface area contributed by atoms with Crippen LogP contribution in [0.25, 0.3) is 0 Å². The average molecular weight is 181 g/mol. The smallest absolute Gasteiger partial charge is 0.250 e. The normalized spacial score (nSPS) is 9.69. The first-order valence-electron chi connectivity index (χ1n) is 3.84. The van der Waals surface area contributed by atoms with Gasteiger partial charge in [0.25, 0.3) is 0 Å². The number of carbonyl (C=O) groups is 1. The number of phenols is 1. The Morgan fingerprint density at radius 1 is 1.54 bits per heavy atom. The zero-order valence-electron chi connectivity index (χ0n) is 7.24. The van der Waals surface area contributed by atoms with Crippen LogP contribution >= 0.6 is 0 Å². The predicted octanol–water partition coefficient (Wildman–Crippen LogP) is 0.631. The Bertz CT molecular complexity index is 323. The molecule has 13 heavy (non-hydrogen) atoms. The highest BCUT2D eigenvalue weighted by molar-refractivity contribution is 5.91. The van der Waals surface area contributed by atoms with E-state index in [1.807, 2.05) is 0 Å². The Balaban J connectivity index is 2.79. The van der Waals surface area contributed by atoms with Crippen molar-refractivity contribution in [2.45, 2.75) is 6.92 Å².